The van der Waals surface area contributed by atoms with E-state index < -0.39 is 0 Å². The minimum atomic E-state index is 0.116. The highest BCUT2D eigenvalue weighted by Gasteiger charge is 2.37. The zero-order chi connectivity index (χ0) is 9.31. The molecule has 1 N–H and O–H groups in total. The third-order valence-electron chi connectivity index (χ3n) is 3.35. The van der Waals surface area contributed by atoms with Crippen LogP contribution in [0.15, 0.2) is 11.8 Å². The number of aliphatic hydroxyl groups is 1. The van der Waals surface area contributed by atoms with Gasteiger partial charge >= 0.3 is 0 Å². The van der Waals surface area contributed by atoms with Gasteiger partial charge in [0, 0.05) is 18.9 Å². The first-order chi connectivity index (χ1) is 6.20. The van der Waals surface area contributed by atoms with E-state index in [2.05, 4.69) is 0 Å². The number of ketones is 1. The van der Waals surface area contributed by atoms with Crippen LogP contribution >= 0.6 is 0 Å². The maximum Gasteiger partial charge on any atom is 0.159 e. The highest BCUT2D eigenvalue weighted by molar-refractivity contribution is 5.91. The molecule has 1 saturated carbocycles. The molecule has 1 spiro atoms. The average Bonchev–Trinajstić information content (AvgIpc) is 2.02. The molecule has 0 heterocycles. The Labute approximate surface area is 78.6 Å². The van der Waals surface area contributed by atoms with E-state index in [0.29, 0.717) is 12.2 Å². The molecule has 2 aliphatic rings. The second kappa shape index (κ2) is 3.17. The molecule has 0 saturated heterocycles. The first-order valence-corrected chi connectivity index (χ1v) is 5.13. The van der Waals surface area contributed by atoms with E-state index in [9.17, 15) is 9.90 Å². The lowest BCUT2D eigenvalue weighted by molar-refractivity contribution is -0.118. The molecule has 0 aromatic carbocycles. The lowest BCUT2D eigenvalue weighted by Gasteiger charge is -2.38. The van der Waals surface area contributed by atoms with Crippen LogP contribution in [-0.4, -0.2) is 10.9 Å². The number of rotatable bonds is 0. The highest BCUT2D eigenvalue weighted by Crippen LogP contribution is 2.45. The van der Waals surface area contributed by atoms with Crippen LogP contribution < -0.4 is 0 Å². The molecule has 0 radical (unpaired) electrons. The Hall–Kier alpha value is -0.790. The molecule has 72 valence electrons. The minimum absolute atomic E-state index is 0.116. The van der Waals surface area contributed by atoms with Crippen LogP contribution in [0.5, 0.6) is 0 Å². The van der Waals surface area contributed by atoms with E-state index in [4.69, 9.17) is 0 Å². The summed E-state index contributed by atoms with van der Waals surface area (Å²) in [5.74, 6) is 0.420. The predicted molar refractivity (Wildman–Crippen MR) is 50.5 cm³/mol. The van der Waals surface area contributed by atoms with Crippen molar-refractivity contribution in [3.8, 4) is 0 Å². The van der Waals surface area contributed by atoms with Crippen LogP contribution in [0.2, 0.25) is 0 Å². The summed E-state index contributed by atoms with van der Waals surface area (Å²) in [6.45, 7) is 0. The lowest BCUT2D eigenvalue weighted by atomic mass is 9.66. The summed E-state index contributed by atoms with van der Waals surface area (Å²) in [5.41, 5.74) is 0.133. The number of carbonyl (C=O) groups excluding carboxylic acids is 1. The molecule has 0 aliphatic heterocycles. The predicted octanol–water partition coefficient (Wildman–Crippen LogP) is 2.74. The monoisotopic (exact) mass is 180 g/mol. The standard InChI is InChI=1S/C11H16O2/c12-9-6-10(13)8-11(7-9)4-2-1-3-5-11/h6,12H,1-5,7-8H2. The van der Waals surface area contributed by atoms with Crippen molar-refractivity contribution in [3.63, 3.8) is 0 Å². The molecule has 2 aliphatic carbocycles. The van der Waals surface area contributed by atoms with E-state index in [1.54, 1.807) is 0 Å². The fraction of sp³-hybridized carbons (Fsp3) is 0.727. The van der Waals surface area contributed by atoms with E-state index in [-0.39, 0.29) is 11.2 Å². The first-order valence-electron chi connectivity index (χ1n) is 5.13. The largest absolute Gasteiger partial charge is 0.512 e. The number of hydrogen-bond donors (Lipinski definition) is 1. The molecule has 2 nitrogen and oxygen atoms in total. The Morgan fingerprint density at radius 1 is 1.15 bits per heavy atom. The van der Waals surface area contributed by atoms with Crippen LogP contribution in [0, 0.1) is 5.41 Å². The van der Waals surface area contributed by atoms with Gasteiger partial charge in [-0.15, -0.1) is 0 Å². The summed E-state index contributed by atoms with van der Waals surface area (Å²) < 4.78 is 0. The molecule has 0 aromatic heterocycles. The highest BCUT2D eigenvalue weighted by atomic mass is 16.3. The Kier molecular flexibility index (Phi) is 2.14. The van der Waals surface area contributed by atoms with E-state index in [1.807, 2.05) is 0 Å². The summed E-state index contributed by atoms with van der Waals surface area (Å²) in [7, 11) is 0. The molecule has 13 heavy (non-hydrogen) atoms. The van der Waals surface area contributed by atoms with Gasteiger partial charge in [-0.3, -0.25) is 4.79 Å². The van der Waals surface area contributed by atoms with Crippen molar-refractivity contribution in [2.24, 2.45) is 5.41 Å². The fourth-order valence-corrected chi connectivity index (χ4v) is 2.76. The van der Waals surface area contributed by atoms with Crippen molar-refractivity contribution < 1.29 is 9.90 Å². The van der Waals surface area contributed by atoms with Crippen molar-refractivity contribution in [1.82, 2.24) is 0 Å². The van der Waals surface area contributed by atoms with Gasteiger partial charge in [0.2, 0.25) is 0 Å². The number of allylic oxidation sites excluding steroid dienone is 2. The minimum Gasteiger partial charge on any atom is -0.512 e. The van der Waals surface area contributed by atoms with Gasteiger partial charge in [0.15, 0.2) is 5.78 Å². The van der Waals surface area contributed by atoms with Crippen LogP contribution in [0.3, 0.4) is 0 Å². The van der Waals surface area contributed by atoms with Gasteiger partial charge in [0.1, 0.15) is 0 Å². The molecule has 2 heteroatoms. The van der Waals surface area contributed by atoms with Crippen LogP contribution in [-0.2, 0) is 4.79 Å². The van der Waals surface area contributed by atoms with Crippen molar-refractivity contribution in [2.45, 2.75) is 44.9 Å². The van der Waals surface area contributed by atoms with Gasteiger partial charge in [-0.05, 0) is 18.3 Å². The molecular weight excluding hydrogens is 164 g/mol. The summed E-state index contributed by atoms with van der Waals surface area (Å²) in [4.78, 5) is 11.3. The maximum atomic E-state index is 11.3. The number of carbonyl (C=O) groups is 1. The van der Waals surface area contributed by atoms with E-state index in [1.165, 1.54) is 25.3 Å². The van der Waals surface area contributed by atoms with Crippen LogP contribution in [0.25, 0.3) is 0 Å². The van der Waals surface area contributed by atoms with Crippen molar-refractivity contribution >= 4 is 5.78 Å². The van der Waals surface area contributed by atoms with E-state index >= 15 is 0 Å². The second-order valence-corrected chi connectivity index (χ2v) is 4.52. The molecule has 0 aromatic rings. The molecule has 2 rings (SSSR count). The fourth-order valence-electron chi connectivity index (χ4n) is 2.76. The molecule has 0 unspecified atom stereocenters. The number of aliphatic hydroxyl groups excluding tert-OH is 1. The Bertz CT molecular complexity index is 247. The third kappa shape index (κ3) is 1.77. The quantitative estimate of drug-likeness (QED) is 0.622. The van der Waals surface area contributed by atoms with Crippen LogP contribution in [0.4, 0.5) is 0 Å². The lowest BCUT2D eigenvalue weighted by Crippen LogP contribution is -2.30. The first kappa shape index (κ1) is 8.79. The SMILES string of the molecule is O=C1C=C(O)CC2(CCCCC2)C1. The Morgan fingerprint density at radius 3 is 2.46 bits per heavy atom. The normalized spacial score (nSPS) is 27.4. The zero-order valence-corrected chi connectivity index (χ0v) is 7.88. The average molecular weight is 180 g/mol. The smallest absolute Gasteiger partial charge is 0.159 e. The molecule has 0 bridgehead atoms. The van der Waals surface area contributed by atoms with Crippen LogP contribution in [0.1, 0.15) is 44.9 Å². The van der Waals surface area contributed by atoms with Gasteiger partial charge in [-0.1, -0.05) is 19.3 Å². The van der Waals surface area contributed by atoms with Gasteiger partial charge in [0.25, 0.3) is 0 Å². The van der Waals surface area contributed by atoms with Crippen molar-refractivity contribution in [1.29, 1.82) is 0 Å². The summed E-state index contributed by atoms with van der Waals surface area (Å²) >= 11 is 0. The second-order valence-electron chi connectivity index (χ2n) is 4.52. The Balaban J connectivity index is 2.15. The van der Waals surface area contributed by atoms with Gasteiger partial charge in [0.05, 0.1) is 5.76 Å². The van der Waals surface area contributed by atoms with Crippen molar-refractivity contribution in [2.75, 3.05) is 0 Å². The topological polar surface area (TPSA) is 37.3 Å². The maximum absolute atomic E-state index is 11.3. The summed E-state index contributed by atoms with van der Waals surface area (Å²) in [6, 6.07) is 0. The zero-order valence-electron chi connectivity index (χ0n) is 7.88. The van der Waals surface area contributed by atoms with Gasteiger partial charge in [-0.25, -0.2) is 0 Å². The molecular formula is C11H16O2. The van der Waals surface area contributed by atoms with Crippen molar-refractivity contribution in [3.05, 3.63) is 11.8 Å². The Morgan fingerprint density at radius 2 is 1.85 bits per heavy atom. The third-order valence-corrected chi connectivity index (χ3v) is 3.35. The summed E-state index contributed by atoms with van der Waals surface area (Å²) in [6.07, 6.45) is 8.78. The van der Waals surface area contributed by atoms with Gasteiger partial charge < -0.3 is 5.11 Å². The molecule has 0 atom stereocenters. The molecule has 1 fully saturated rings. The molecule has 0 amide bonds. The van der Waals surface area contributed by atoms with E-state index in [0.717, 1.165) is 19.3 Å². The summed E-state index contributed by atoms with van der Waals surface area (Å²) in [5, 5.41) is 9.44. The number of hydrogen-bond acceptors (Lipinski definition) is 2. The van der Waals surface area contributed by atoms with Gasteiger partial charge in [-0.2, -0.15) is 0 Å².